The molecule has 0 aromatic heterocycles. The predicted octanol–water partition coefficient (Wildman–Crippen LogP) is 4.57. The lowest BCUT2D eigenvalue weighted by Gasteiger charge is -2.16. The molecule has 1 amide bonds. The van der Waals surface area contributed by atoms with Crippen molar-refractivity contribution in [2.24, 2.45) is 16.5 Å². The quantitative estimate of drug-likeness (QED) is 0.104. The van der Waals surface area contributed by atoms with Gasteiger partial charge in [0.25, 0.3) is 0 Å². The molecule has 0 heterocycles. The number of methoxy groups -OCH3 is 1. The highest BCUT2D eigenvalue weighted by atomic mass is 16.5. The standard InChI is InChI=1S/C24H48N4O3/c1-3-4-5-6-7-8-9-10-11-12-13-14-15-16-19-22(29)28-21(23(30)31-2)18-17-20-27-24(25)26/h21H,3-20H2,1-2H3,(H,28,29)(H4,25,26,27)/t21-/m0/s1. The van der Waals surface area contributed by atoms with E-state index < -0.39 is 12.0 Å². The number of carbonyl (C=O) groups excluding carboxylic acids is 2. The van der Waals surface area contributed by atoms with E-state index in [1.54, 1.807) is 0 Å². The van der Waals surface area contributed by atoms with Crippen LogP contribution in [0.1, 0.15) is 116 Å². The molecule has 0 saturated carbocycles. The Balaban J connectivity index is 3.67. The van der Waals surface area contributed by atoms with Crippen LogP contribution in [-0.4, -0.2) is 37.5 Å². The summed E-state index contributed by atoms with van der Waals surface area (Å²) in [6.07, 6.45) is 19.5. The lowest BCUT2D eigenvalue weighted by molar-refractivity contribution is -0.145. The Kier molecular flexibility index (Phi) is 20.2. The molecule has 31 heavy (non-hydrogen) atoms. The lowest BCUT2D eigenvalue weighted by Crippen LogP contribution is -2.41. The minimum atomic E-state index is -0.640. The van der Waals surface area contributed by atoms with Crippen LogP contribution in [-0.2, 0) is 14.3 Å². The van der Waals surface area contributed by atoms with Gasteiger partial charge in [-0.2, -0.15) is 0 Å². The van der Waals surface area contributed by atoms with Crippen LogP contribution in [0.2, 0.25) is 0 Å². The van der Waals surface area contributed by atoms with Crippen molar-refractivity contribution in [3.05, 3.63) is 0 Å². The maximum atomic E-state index is 12.1. The predicted molar refractivity (Wildman–Crippen MR) is 129 cm³/mol. The third-order valence-corrected chi connectivity index (χ3v) is 5.52. The van der Waals surface area contributed by atoms with Crippen molar-refractivity contribution in [1.29, 1.82) is 0 Å². The average Bonchev–Trinajstić information content (AvgIpc) is 2.75. The van der Waals surface area contributed by atoms with Gasteiger partial charge in [-0.15, -0.1) is 0 Å². The summed E-state index contributed by atoms with van der Waals surface area (Å²) in [5, 5.41) is 2.78. The summed E-state index contributed by atoms with van der Waals surface area (Å²) in [6, 6.07) is -0.640. The van der Waals surface area contributed by atoms with Crippen molar-refractivity contribution >= 4 is 17.8 Å². The van der Waals surface area contributed by atoms with Gasteiger partial charge in [-0.3, -0.25) is 9.79 Å². The second-order valence-electron chi connectivity index (χ2n) is 8.44. The van der Waals surface area contributed by atoms with E-state index in [1.807, 2.05) is 0 Å². The van der Waals surface area contributed by atoms with Crippen LogP contribution in [0.25, 0.3) is 0 Å². The first-order chi connectivity index (χ1) is 15.0. The van der Waals surface area contributed by atoms with E-state index in [9.17, 15) is 9.59 Å². The fourth-order valence-electron chi connectivity index (χ4n) is 3.64. The van der Waals surface area contributed by atoms with E-state index in [-0.39, 0.29) is 11.9 Å². The molecule has 7 nitrogen and oxygen atoms in total. The first-order valence-electron chi connectivity index (χ1n) is 12.4. The number of amides is 1. The Morgan fingerprint density at radius 2 is 1.29 bits per heavy atom. The molecule has 0 aromatic carbocycles. The second kappa shape index (κ2) is 21.4. The van der Waals surface area contributed by atoms with E-state index in [0.717, 1.165) is 12.8 Å². The van der Waals surface area contributed by atoms with E-state index in [4.69, 9.17) is 16.2 Å². The highest BCUT2D eigenvalue weighted by molar-refractivity contribution is 5.84. The Labute approximate surface area is 190 Å². The summed E-state index contributed by atoms with van der Waals surface area (Å²) in [7, 11) is 1.32. The van der Waals surface area contributed by atoms with Gasteiger partial charge in [0.05, 0.1) is 7.11 Å². The van der Waals surface area contributed by atoms with Crippen molar-refractivity contribution in [1.82, 2.24) is 5.32 Å². The number of ether oxygens (including phenoxy) is 1. The van der Waals surface area contributed by atoms with Crippen molar-refractivity contribution in [2.45, 2.75) is 122 Å². The number of nitrogens with two attached hydrogens (primary N) is 2. The zero-order chi connectivity index (χ0) is 23.2. The summed E-state index contributed by atoms with van der Waals surface area (Å²) >= 11 is 0. The molecule has 0 rings (SSSR count). The molecular weight excluding hydrogens is 392 g/mol. The topological polar surface area (TPSA) is 120 Å². The highest BCUT2D eigenvalue weighted by Crippen LogP contribution is 2.13. The minimum absolute atomic E-state index is 0.0245. The summed E-state index contributed by atoms with van der Waals surface area (Å²) < 4.78 is 4.78. The van der Waals surface area contributed by atoms with Gasteiger partial charge in [-0.25, -0.2) is 4.79 Å². The molecule has 0 aromatic rings. The van der Waals surface area contributed by atoms with Crippen LogP contribution in [0.5, 0.6) is 0 Å². The van der Waals surface area contributed by atoms with Crippen molar-refractivity contribution in [2.75, 3.05) is 13.7 Å². The summed E-state index contributed by atoms with van der Waals surface area (Å²) in [4.78, 5) is 27.9. The monoisotopic (exact) mass is 440 g/mol. The summed E-state index contributed by atoms with van der Waals surface area (Å²) in [5.41, 5.74) is 10.6. The zero-order valence-electron chi connectivity index (χ0n) is 20.1. The number of unbranched alkanes of at least 4 members (excludes halogenated alkanes) is 13. The van der Waals surface area contributed by atoms with Gasteiger partial charge in [0.1, 0.15) is 6.04 Å². The largest absolute Gasteiger partial charge is 0.467 e. The Morgan fingerprint density at radius 3 is 1.74 bits per heavy atom. The van der Waals surface area contributed by atoms with Crippen molar-refractivity contribution in [3.8, 4) is 0 Å². The lowest BCUT2D eigenvalue weighted by atomic mass is 10.0. The Bertz CT molecular complexity index is 479. The number of guanidine groups is 1. The molecule has 0 aliphatic carbocycles. The maximum absolute atomic E-state index is 12.1. The molecule has 0 aliphatic rings. The SMILES string of the molecule is CCCCCCCCCCCCCCCCC(=O)N[C@@H](CCCN=C(N)N)C(=O)OC. The maximum Gasteiger partial charge on any atom is 0.328 e. The summed E-state index contributed by atoms with van der Waals surface area (Å²) in [5.74, 6) is -0.508. The molecule has 0 radical (unpaired) electrons. The number of nitrogens with one attached hydrogen (secondary N) is 1. The molecule has 0 aliphatic heterocycles. The van der Waals surface area contributed by atoms with Gasteiger partial charge in [-0.05, 0) is 19.3 Å². The number of hydrogen-bond donors (Lipinski definition) is 3. The van der Waals surface area contributed by atoms with Gasteiger partial charge >= 0.3 is 5.97 Å². The third kappa shape index (κ3) is 19.9. The Morgan fingerprint density at radius 1 is 0.806 bits per heavy atom. The Hall–Kier alpha value is -1.79. The molecule has 5 N–H and O–H groups in total. The normalized spacial score (nSPS) is 11.7. The van der Waals surface area contributed by atoms with Crippen LogP contribution < -0.4 is 16.8 Å². The number of hydrogen-bond acceptors (Lipinski definition) is 4. The summed E-state index contributed by atoms with van der Waals surface area (Å²) in [6.45, 7) is 2.68. The first kappa shape index (κ1) is 29.2. The smallest absolute Gasteiger partial charge is 0.328 e. The minimum Gasteiger partial charge on any atom is -0.467 e. The van der Waals surface area contributed by atoms with Gasteiger partial charge in [-0.1, -0.05) is 90.4 Å². The fraction of sp³-hybridized carbons (Fsp3) is 0.875. The number of nitrogens with zero attached hydrogens (tertiary/aromatic N) is 1. The van der Waals surface area contributed by atoms with Crippen LogP contribution in [0.3, 0.4) is 0 Å². The molecule has 1 atom stereocenters. The van der Waals surface area contributed by atoms with E-state index in [0.29, 0.717) is 25.8 Å². The molecule has 182 valence electrons. The third-order valence-electron chi connectivity index (χ3n) is 5.52. The molecule has 0 saturated heterocycles. The first-order valence-corrected chi connectivity index (χ1v) is 12.4. The van der Waals surface area contributed by atoms with Crippen LogP contribution in [0.4, 0.5) is 0 Å². The van der Waals surface area contributed by atoms with Gasteiger partial charge in [0.15, 0.2) is 5.96 Å². The van der Waals surface area contributed by atoms with Crippen molar-refractivity contribution in [3.63, 3.8) is 0 Å². The number of rotatable bonds is 21. The van der Waals surface area contributed by atoms with Crippen LogP contribution in [0.15, 0.2) is 4.99 Å². The molecule has 0 spiro atoms. The van der Waals surface area contributed by atoms with Crippen molar-refractivity contribution < 1.29 is 14.3 Å². The van der Waals surface area contributed by atoms with Gasteiger partial charge < -0.3 is 21.5 Å². The molecule has 0 bridgehead atoms. The molecule has 0 fully saturated rings. The molecule has 7 heteroatoms. The second-order valence-corrected chi connectivity index (χ2v) is 8.44. The number of carbonyl (C=O) groups is 2. The van der Waals surface area contributed by atoms with Gasteiger partial charge in [0, 0.05) is 13.0 Å². The van der Waals surface area contributed by atoms with E-state index in [2.05, 4.69) is 17.2 Å². The van der Waals surface area contributed by atoms with Gasteiger partial charge in [0.2, 0.25) is 5.91 Å². The number of esters is 1. The zero-order valence-corrected chi connectivity index (χ0v) is 20.1. The highest BCUT2D eigenvalue weighted by Gasteiger charge is 2.20. The molecule has 0 unspecified atom stereocenters. The van der Waals surface area contributed by atoms with Crippen LogP contribution >= 0.6 is 0 Å². The number of aliphatic imine (C=N–C) groups is 1. The van der Waals surface area contributed by atoms with E-state index >= 15 is 0 Å². The van der Waals surface area contributed by atoms with Crippen LogP contribution in [0, 0.1) is 0 Å². The fourth-order valence-corrected chi connectivity index (χ4v) is 3.64. The molecular formula is C24H48N4O3. The average molecular weight is 441 g/mol. The van der Waals surface area contributed by atoms with E-state index in [1.165, 1.54) is 84.2 Å².